The molecule has 0 atom stereocenters. The second kappa shape index (κ2) is 6.97. The molecule has 0 spiro atoms. The highest BCUT2D eigenvalue weighted by Crippen LogP contribution is 2.30. The first-order valence-corrected chi connectivity index (χ1v) is 9.35. The van der Waals surface area contributed by atoms with E-state index in [9.17, 15) is 0 Å². The van der Waals surface area contributed by atoms with Gasteiger partial charge in [0.15, 0.2) is 6.73 Å². The summed E-state index contributed by atoms with van der Waals surface area (Å²) in [7, 11) is 0. The Hall–Kier alpha value is -2.98. The third-order valence-corrected chi connectivity index (χ3v) is 5.16. The molecule has 0 bridgehead atoms. The van der Waals surface area contributed by atoms with Crippen molar-refractivity contribution in [3.63, 3.8) is 0 Å². The number of benzene rings is 3. The molecular formula is C23H22N2O2. The van der Waals surface area contributed by atoms with Crippen LogP contribution in [0.15, 0.2) is 66.7 Å². The number of hydrogen-bond donors (Lipinski definition) is 1. The SMILES string of the molecule is c1ccc(N2COc3ccc(Cc4ccc5c(c4)CNCO5)cc3C2)cc1. The highest BCUT2D eigenvalue weighted by atomic mass is 16.5. The van der Waals surface area contributed by atoms with E-state index >= 15 is 0 Å². The summed E-state index contributed by atoms with van der Waals surface area (Å²) in [5.41, 5.74) is 6.27. The molecule has 2 heterocycles. The highest BCUT2D eigenvalue weighted by Gasteiger charge is 2.18. The van der Waals surface area contributed by atoms with Crippen LogP contribution in [0.3, 0.4) is 0 Å². The first kappa shape index (κ1) is 16.2. The molecule has 5 rings (SSSR count). The summed E-state index contributed by atoms with van der Waals surface area (Å²) >= 11 is 0. The maximum absolute atomic E-state index is 5.97. The molecule has 3 aromatic rings. The number of nitrogens with one attached hydrogen (secondary N) is 1. The predicted octanol–water partition coefficient (Wildman–Crippen LogP) is 4.07. The normalized spacial score (nSPS) is 15.3. The first-order valence-electron chi connectivity index (χ1n) is 9.35. The van der Waals surface area contributed by atoms with Crippen LogP contribution in [0.2, 0.25) is 0 Å². The van der Waals surface area contributed by atoms with Crippen LogP contribution in [0, 0.1) is 0 Å². The quantitative estimate of drug-likeness (QED) is 0.765. The Morgan fingerprint density at radius 3 is 2.37 bits per heavy atom. The van der Waals surface area contributed by atoms with Gasteiger partial charge in [-0.25, -0.2) is 0 Å². The van der Waals surface area contributed by atoms with Gasteiger partial charge in [-0.05, 0) is 47.9 Å². The van der Waals surface area contributed by atoms with Crippen LogP contribution in [-0.2, 0) is 19.5 Å². The van der Waals surface area contributed by atoms with E-state index in [-0.39, 0.29) is 0 Å². The molecule has 1 N–H and O–H groups in total. The summed E-state index contributed by atoms with van der Waals surface area (Å²) in [5, 5.41) is 3.25. The lowest BCUT2D eigenvalue weighted by atomic mass is 9.99. The van der Waals surface area contributed by atoms with Gasteiger partial charge >= 0.3 is 0 Å². The van der Waals surface area contributed by atoms with Crippen molar-refractivity contribution in [2.45, 2.75) is 19.5 Å². The minimum Gasteiger partial charge on any atom is -0.478 e. The summed E-state index contributed by atoms with van der Waals surface area (Å²) in [6.07, 6.45) is 0.909. The summed E-state index contributed by atoms with van der Waals surface area (Å²) in [6.45, 7) is 2.92. The maximum atomic E-state index is 5.97. The van der Waals surface area contributed by atoms with Crippen molar-refractivity contribution in [3.05, 3.63) is 89.0 Å². The van der Waals surface area contributed by atoms with Crippen molar-refractivity contribution in [1.29, 1.82) is 0 Å². The Morgan fingerprint density at radius 1 is 0.815 bits per heavy atom. The molecule has 4 nitrogen and oxygen atoms in total. The molecule has 0 amide bonds. The standard InChI is InChI=1S/C23H22N2O2/c1-2-4-21(5-3-1)25-14-20-12-18(7-9-23(20)27-16-25)10-17-6-8-22-19(11-17)13-24-15-26-22/h1-9,11-12,24H,10,13-16H2. The van der Waals surface area contributed by atoms with Gasteiger partial charge in [0.05, 0.1) is 0 Å². The second-order valence-corrected chi connectivity index (χ2v) is 7.08. The number of fused-ring (bicyclic) bond motifs is 2. The zero-order chi connectivity index (χ0) is 18.1. The summed E-state index contributed by atoms with van der Waals surface area (Å²) in [6, 6.07) is 23.5. The van der Waals surface area contributed by atoms with Crippen LogP contribution < -0.4 is 19.7 Å². The van der Waals surface area contributed by atoms with Gasteiger partial charge in [-0.2, -0.15) is 0 Å². The third kappa shape index (κ3) is 3.36. The number of nitrogens with zero attached hydrogens (tertiary/aromatic N) is 1. The predicted molar refractivity (Wildman–Crippen MR) is 106 cm³/mol. The molecule has 0 saturated heterocycles. The topological polar surface area (TPSA) is 33.7 Å². The van der Waals surface area contributed by atoms with Crippen molar-refractivity contribution in [2.75, 3.05) is 18.4 Å². The van der Waals surface area contributed by atoms with Gasteiger partial charge in [-0.1, -0.05) is 36.4 Å². The van der Waals surface area contributed by atoms with E-state index in [1.165, 1.54) is 27.9 Å². The van der Waals surface area contributed by atoms with E-state index in [2.05, 4.69) is 70.9 Å². The number of anilines is 1. The van der Waals surface area contributed by atoms with E-state index in [0.717, 1.165) is 31.0 Å². The number of para-hydroxylation sites is 1. The van der Waals surface area contributed by atoms with Crippen LogP contribution >= 0.6 is 0 Å². The van der Waals surface area contributed by atoms with Gasteiger partial charge in [0.1, 0.15) is 18.2 Å². The molecule has 3 aromatic carbocycles. The van der Waals surface area contributed by atoms with Crippen molar-refractivity contribution in [2.24, 2.45) is 0 Å². The molecule has 0 aliphatic carbocycles. The second-order valence-electron chi connectivity index (χ2n) is 7.08. The van der Waals surface area contributed by atoms with E-state index < -0.39 is 0 Å². The van der Waals surface area contributed by atoms with E-state index in [1.807, 2.05) is 6.07 Å². The molecule has 27 heavy (non-hydrogen) atoms. The minimum absolute atomic E-state index is 0.591. The number of ether oxygens (including phenoxy) is 2. The molecule has 2 aliphatic rings. The highest BCUT2D eigenvalue weighted by molar-refractivity contribution is 5.51. The fourth-order valence-corrected chi connectivity index (χ4v) is 3.78. The minimum atomic E-state index is 0.591. The third-order valence-electron chi connectivity index (χ3n) is 5.16. The van der Waals surface area contributed by atoms with Gasteiger partial charge in [-0.15, -0.1) is 0 Å². The van der Waals surface area contributed by atoms with E-state index in [1.54, 1.807) is 0 Å². The summed E-state index contributed by atoms with van der Waals surface area (Å²) < 4.78 is 11.6. The van der Waals surface area contributed by atoms with Gasteiger partial charge in [0.2, 0.25) is 0 Å². The fourth-order valence-electron chi connectivity index (χ4n) is 3.78. The largest absolute Gasteiger partial charge is 0.478 e. The molecule has 2 aliphatic heterocycles. The number of hydrogen-bond acceptors (Lipinski definition) is 4. The van der Waals surface area contributed by atoms with Crippen LogP contribution in [-0.4, -0.2) is 13.5 Å². The van der Waals surface area contributed by atoms with E-state index in [4.69, 9.17) is 9.47 Å². The lowest BCUT2D eigenvalue weighted by Gasteiger charge is -2.31. The first-order chi connectivity index (χ1) is 13.3. The molecule has 4 heteroatoms. The Balaban J connectivity index is 1.37. The smallest absolute Gasteiger partial charge is 0.161 e. The fraction of sp³-hybridized carbons (Fsp3) is 0.217. The Bertz CT molecular complexity index is 956. The van der Waals surface area contributed by atoms with Crippen LogP contribution in [0.25, 0.3) is 0 Å². The Kier molecular flexibility index (Phi) is 4.18. The number of rotatable bonds is 3. The zero-order valence-electron chi connectivity index (χ0n) is 15.2. The Labute approximate surface area is 159 Å². The average molecular weight is 358 g/mol. The molecule has 136 valence electrons. The van der Waals surface area contributed by atoms with Gasteiger partial charge < -0.3 is 14.4 Å². The van der Waals surface area contributed by atoms with Crippen molar-refractivity contribution in [3.8, 4) is 11.5 Å². The molecule has 0 radical (unpaired) electrons. The van der Waals surface area contributed by atoms with Gasteiger partial charge in [0.25, 0.3) is 0 Å². The van der Waals surface area contributed by atoms with Crippen LogP contribution in [0.4, 0.5) is 5.69 Å². The van der Waals surface area contributed by atoms with Gasteiger partial charge in [0, 0.05) is 29.9 Å². The zero-order valence-corrected chi connectivity index (χ0v) is 15.2. The van der Waals surface area contributed by atoms with E-state index in [0.29, 0.717) is 13.5 Å². The van der Waals surface area contributed by atoms with Gasteiger partial charge in [-0.3, -0.25) is 5.32 Å². The molecule has 0 aromatic heterocycles. The van der Waals surface area contributed by atoms with Crippen molar-refractivity contribution in [1.82, 2.24) is 5.32 Å². The monoisotopic (exact) mass is 358 g/mol. The molecular weight excluding hydrogens is 336 g/mol. The molecule has 0 saturated carbocycles. The maximum Gasteiger partial charge on any atom is 0.161 e. The lowest BCUT2D eigenvalue weighted by Crippen LogP contribution is -2.31. The molecule has 0 unspecified atom stereocenters. The molecule has 0 fully saturated rings. The summed E-state index contributed by atoms with van der Waals surface area (Å²) in [5.74, 6) is 1.99. The Morgan fingerprint density at radius 2 is 1.56 bits per heavy atom. The van der Waals surface area contributed by atoms with Crippen molar-refractivity contribution < 1.29 is 9.47 Å². The van der Waals surface area contributed by atoms with Crippen molar-refractivity contribution >= 4 is 5.69 Å². The average Bonchev–Trinajstić information content (AvgIpc) is 2.74. The lowest BCUT2D eigenvalue weighted by molar-refractivity contribution is 0.257. The van der Waals surface area contributed by atoms with Crippen LogP contribution in [0.1, 0.15) is 22.3 Å². The summed E-state index contributed by atoms with van der Waals surface area (Å²) in [4.78, 5) is 2.26. The van der Waals surface area contributed by atoms with Crippen LogP contribution in [0.5, 0.6) is 11.5 Å².